The van der Waals surface area contributed by atoms with Gasteiger partial charge in [-0.1, -0.05) is 43.3 Å². The zero-order valence-electron chi connectivity index (χ0n) is 31.3. The van der Waals surface area contributed by atoms with E-state index in [4.69, 9.17) is 4.74 Å². The quantitative estimate of drug-likeness (QED) is 0.145. The second kappa shape index (κ2) is 20.6. The smallest absolute Gasteiger partial charge is 0.793 e. The van der Waals surface area contributed by atoms with Gasteiger partial charge in [0.05, 0.1) is 7.11 Å². The third kappa shape index (κ3) is 11.0. The van der Waals surface area contributed by atoms with Crippen molar-refractivity contribution >= 4 is 57.9 Å². The number of hydrogen-bond acceptors (Lipinski definition) is 11. The number of carbonyl (C=O) groups is 2. The molecular weight excluding hydrogens is 748 g/mol. The minimum absolute atomic E-state index is 0. The van der Waals surface area contributed by atoms with Crippen LogP contribution in [0.1, 0.15) is 27.6 Å². The van der Waals surface area contributed by atoms with Gasteiger partial charge in [0.25, 0.3) is 11.8 Å². The van der Waals surface area contributed by atoms with Gasteiger partial charge >= 0.3 is 29.6 Å². The number of methoxy groups -OCH3 is 1. The molecule has 0 fully saturated rings. The van der Waals surface area contributed by atoms with E-state index in [1.807, 2.05) is 61.5 Å². The molecule has 0 aliphatic heterocycles. The van der Waals surface area contributed by atoms with Crippen LogP contribution in [0.4, 0.5) is 11.6 Å². The molecule has 12 nitrogen and oxygen atoms in total. The van der Waals surface area contributed by atoms with Crippen molar-refractivity contribution in [2.45, 2.75) is 6.92 Å². The van der Waals surface area contributed by atoms with Crippen LogP contribution in [0.3, 0.4) is 0 Å². The Morgan fingerprint density at radius 1 is 0.632 bits per heavy atom. The summed E-state index contributed by atoms with van der Waals surface area (Å²) in [5.41, 5.74) is 5.98. The average Bonchev–Trinajstić information content (AvgIpc) is 3.24. The summed E-state index contributed by atoms with van der Waals surface area (Å²) in [6, 6.07) is 32.7. The summed E-state index contributed by atoms with van der Waals surface area (Å²) in [6.45, 7) is 1.94. The van der Waals surface area contributed by atoms with Crippen molar-refractivity contribution in [3.63, 3.8) is 0 Å². The number of benzene rings is 4. The summed E-state index contributed by atoms with van der Waals surface area (Å²) < 4.78 is 5.46. The summed E-state index contributed by atoms with van der Waals surface area (Å²) >= 11 is 4.39. The van der Waals surface area contributed by atoms with Gasteiger partial charge in [0, 0.05) is 46.7 Å². The molecule has 0 aliphatic carbocycles. The van der Waals surface area contributed by atoms with Crippen molar-refractivity contribution in [3.05, 3.63) is 158 Å². The normalized spacial score (nSPS) is 10.2. The largest absolute Gasteiger partial charge is 1.00 e. The fraction of sp³-hybridized carbons (Fsp3) is 0.0698. The number of phenolic OH excluding ortho intramolecular Hbond substituents is 1. The maximum atomic E-state index is 12.3. The summed E-state index contributed by atoms with van der Waals surface area (Å²) in [5, 5.41) is 17.3. The molecule has 57 heavy (non-hydrogen) atoms. The van der Waals surface area contributed by atoms with E-state index in [1.54, 1.807) is 86.5 Å². The molecule has 0 saturated heterocycles. The first-order chi connectivity index (χ1) is 27.4. The zero-order chi connectivity index (χ0) is 39.3. The van der Waals surface area contributed by atoms with E-state index in [0.29, 0.717) is 34.0 Å². The van der Waals surface area contributed by atoms with Crippen LogP contribution in [0.5, 0.6) is 11.5 Å². The average molecular weight is 783 g/mol. The number of nitrogens with zero attached hydrogens (tertiary/aromatic N) is 6. The molecule has 8 aromatic rings. The molecule has 0 atom stereocenters. The van der Waals surface area contributed by atoms with Crippen LogP contribution in [-0.4, -0.2) is 59.7 Å². The molecule has 0 spiro atoms. The number of hydrogen-bond donors (Lipinski definition) is 3. The van der Waals surface area contributed by atoms with Gasteiger partial charge in [0.2, 0.25) is 0 Å². The van der Waals surface area contributed by atoms with Crippen molar-refractivity contribution in [1.82, 2.24) is 29.9 Å². The Bertz CT molecular complexity index is 2570. The molecule has 4 aromatic heterocycles. The monoisotopic (exact) mass is 782 g/mol. The fourth-order valence-electron chi connectivity index (χ4n) is 5.52. The SMILES string of the molecule is CC[S-].COc1cc(-c2ccc(C(=O)Nc3ccccn3)cc2)cc2cncnc12.O=C(Nc1ccccn1)c1ccc(-c2cc(O)c3ncncc3c2)cc1.[Na+]. The number of anilines is 2. The molecular formula is C43H35N8NaO4S. The van der Waals surface area contributed by atoms with E-state index in [2.05, 4.69) is 53.2 Å². The summed E-state index contributed by atoms with van der Waals surface area (Å²) in [6.07, 6.45) is 9.56. The Morgan fingerprint density at radius 3 is 1.54 bits per heavy atom. The topological polar surface area (TPSA) is 165 Å². The summed E-state index contributed by atoms with van der Waals surface area (Å²) in [4.78, 5) is 49.2. The molecule has 14 heteroatoms. The van der Waals surface area contributed by atoms with E-state index >= 15 is 0 Å². The van der Waals surface area contributed by atoms with E-state index in [0.717, 1.165) is 44.3 Å². The van der Waals surface area contributed by atoms with Gasteiger partial charge < -0.3 is 33.1 Å². The van der Waals surface area contributed by atoms with Crippen LogP contribution in [0.15, 0.2) is 147 Å². The number of nitrogens with one attached hydrogen (secondary N) is 2. The Morgan fingerprint density at radius 2 is 1.09 bits per heavy atom. The second-order valence-electron chi connectivity index (χ2n) is 11.9. The van der Waals surface area contributed by atoms with Crippen molar-refractivity contribution in [1.29, 1.82) is 0 Å². The maximum absolute atomic E-state index is 12.3. The number of amides is 2. The molecule has 0 unspecified atom stereocenters. The van der Waals surface area contributed by atoms with Crippen LogP contribution < -0.4 is 44.9 Å². The molecule has 0 bridgehead atoms. The Hall–Kier alpha value is -6.25. The minimum atomic E-state index is -0.231. The molecule has 8 rings (SSSR count). The van der Waals surface area contributed by atoms with E-state index in [1.165, 1.54) is 12.7 Å². The molecule has 4 aromatic carbocycles. The third-order valence-electron chi connectivity index (χ3n) is 8.15. The van der Waals surface area contributed by atoms with Gasteiger partial charge in [-0.15, -0.1) is 0 Å². The predicted molar refractivity (Wildman–Crippen MR) is 220 cm³/mol. The number of carbonyl (C=O) groups excluding carboxylic acids is 2. The van der Waals surface area contributed by atoms with Gasteiger partial charge in [-0.25, -0.2) is 29.9 Å². The molecule has 278 valence electrons. The Labute approximate surface area is 356 Å². The van der Waals surface area contributed by atoms with Crippen LogP contribution in [0.2, 0.25) is 0 Å². The standard InChI is InChI=1S/C21H16N4O2.C20H14N4O2.C2H6S.Na/c1-27-18-11-16(10-17-12-22-13-24-20(17)18)14-5-7-15(8-6-14)21(26)25-19-4-2-3-9-23-19;25-17-10-15(9-16-11-21-12-23-19(16)17)13-4-6-14(7-5-13)20(26)24-18-3-1-2-8-22-18;1-2-3;/h2-13H,1H3,(H,23,25,26);1-12,25H,(H,22,24,26);3H,2H2,1H3;/q;;;+1/p-1. The van der Waals surface area contributed by atoms with Gasteiger partial charge in [-0.2, -0.15) is 5.75 Å². The number of aromatic nitrogens is 6. The van der Waals surface area contributed by atoms with Crippen LogP contribution in [0.25, 0.3) is 44.1 Å². The van der Waals surface area contributed by atoms with Crippen molar-refractivity contribution in [2.75, 3.05) is 23.5 Å². The van der Waals surface area contributed by atoms with Crippen LogP contribution in [0, 0.1) is 0 Å². The molecule has 0 radical (unpaired) electrons. The second-order valence-corrected chi connectivity index (χ2v) is 12.5. The number of ether oxygens (including phenoxy) is 1. The fourth-order valence-corrected chi connectivity index (χ4v) is 5.52. The number of pyridine rings is 2. The van der Waals surface area contributed by atoms with Crippen molar-refractivity contribution in [2.24, 2.45) is 0 Å². The number of phenols is 1. The first kappa shape index (κ1) is 41.9. The van der Waals surface area contributed by atoms with Crippen LogP contribution >= 0.6 is 0 Å². The first-order valence-electron chi connectivity index (χ1n) is 17.3. The Balaban J connectivity index is 0.000000201. The van der Waals surface area contributed by atoms with Crippen LogP contribution in [-0.2, 0) is 12.6 Å². The Kier molecular flexibility index (Phi) is 15.1. The van der Waals surface area contributed by atoms with E-state index in [-0.39, 0.29) is 47.1 Å². The number of fused-ring (bicyclic) bond motifs is 2. The summed E-state index contributed by atoms with van der Waals surface area (Å²) in [5.74, 6) is 2.19. The predicted octanol–water partition coefficient (Wildman–Crippen LogP) is 5.16. The number of aromatic hydroxyl groups is 1. The zero-order valence-corrected chi connectivity index (χ0v) is 34.1. The minimum Gasteiger partial charge on any atom is -0.793 e. The first-order valence-corrected chi connectivity index (χ1v) is 17.9. The van der Waals surface area contributed by atoms with Gasteiger partial charge in [0.1, 0.15) is 46.8 Å². The van der Waals surface area contributed by atoms with Gasteiger partial charge in [-0.3, -0.25) is 9.59 Å². The van der Waals surface area contributed by atoms with Gasteiger partial charge in [0.15, 0.2) is 0 Å². The third-order valence-corrected chi connectivity index (χ3v) is 8.15. The van der Waals surface area contributed by atoms with Crippen molar-refractivity contribution < 1.29 is 49.0 Å². The molecule has 2 amide bonds. The number of rotatable bonds is 7. The molecule has 4 heterocycles. The molecule has 0 aliphatic rings. The van der Waals surface area contributed by atoms with Gasteiger partial charge in [-0.05, 0) is 95.1 Å². The maximum Gasteiger partial charge on any atom is 1.00 e. The summed E-state index contributed by atoms with van der Waals surface area (Å²) in [7, 11) is 1.62. The van der Waals surface area contributed by atoms with Crippen molar-refractivity contribution in [3.8, 4) is 33.8 Å². The molecule has 0 saturated carbocycles. The van der Waals surface area contributed by atoms with E-state index in [9.17, 15) is 14.7 Å². The molecule has 3 N–H and O–H groups in total. The van der Waals surface area contributed by atoms with E-state index < -0.39 is 0 Å².